The monoisotopic (exact) mass is 253 g/mol. The molecule has 1 amide bonds. The molecule has 1 saturated heterocycles. The first-order valence-corrected chi connectivity index (χ1v) is 7.02. The predicted octanol–water partition coefficient (Wildman–Crippen LogP) is 0.999. The normalized spacial score (nSPS) is 18.6. The highest BCUT2D eigenvalue weighted by Gasteiger charge is 2.23. The van der Waals surface area contributed by atoms with Crippen molar-refractivity contribution in [2.75, 3.05) is 32.7 Å². The van der Waals surface area contributed by atoms with E-state index in [1.165, 1.54) is 12.8 Å². The van der Waals surface area contributed by atoms with Gasteiger partial charge in [-0.3, -0.25) is 9.69 Å². The van der Waals surface area contributed by atoms with Crippen LogP contribution in [0.15, 0.2) is 12.7 Å². The number of likely N-dealkylation sites (N-methyl/N-ethyl adjacent to an activating group) is 1. The minimum Gasteiger partial charge on any atom is -0.351 e. The van der Waals surface area contributed by atoms with Crippen LogP contribution in [0.1, 0.15) is 26.7 Å². The maximum Gasteiger partial charge on any atom is 0.237 e. The summed E-state index contributed by atoms with van der Waals surface area (Å²) in [5.41, 5.74) is 0. The Balaban J connectivity index is 2.42. The van der Waals surface area contributed by atoms with Crippen LogP contribution in [0, 0.1) is 5.92 Å². The standard InChI is InChI=1S/C14H27N3O/c1-4-8-16-14(18)12(3)17(5-2)11-13-6-9-15-10-7-13/h4,12-13,15H,1,5-11H2,2-3H3,(H,16,18). The highest BCUT2D eigenvalue weighted by molar-refractivity contribution is 5.81. The number of carbonyl (C=O) groups is 1. The van der Waals surface area contributed by atoms with Gasteiger partial charge >= 0.3 is 0 Å². The highest BCUT2D eigenvalue weighted by atomic mass is 16.2. The molecule has 0 saturated carbocycles. The summed E-state index contributed by atoms with van der Waals surface area (Å²) in [6, 6.07) is -0.0511. The van der Waals surface area contributed by atoms with E-state index in [-0.39, 0.29) is 11.9 Å². The Bertz CT molecular complexity index is 262. The Kier molecular flexibility index (Phi) is 6.98. The zero-order valence-corrected chi connectivity index (χ0v) is 11.7. The van der Waals surface area contributed by atoms with Gasteiger partial charge in [0.1, 0.15) is 0 Å². The van der Waals surface area contributed by atoms with Gasteiger partial charge in [0.15, 0.2) is 0 Å². The van der Waals surface area contributed by atoms with E-state index in [0.29, 0.717) is 6.54 Å². The van der Waals surface area contributed by atoms with E-state index in [1.54, 1.807) is 6.08 Å². The van der Waals surface area contributed by atoms with Gasteiger partial charge < -0.3 is 10.6 Å². The fourth-order valence-corrected chi connectivity index (χ4v) is 2.44. The lowest BCUT2D eigenvalue weighted by molar-refractivity contribution is -0.125. The average molecular weight is 253 g/mol. The second-order valence-corrected chi connectivity index (χ2v) is 4.99. The molecule has 4 heteroatoms. The molecule has 0 aliphatic carbocycles. The molecule has 1 atom stereocenters. The highest BCUT2D eigenvalue weighted by Crippen LogP contribution is 2.15. The molecule has 0 aromatic carbocycles. The molecule has 1 aliphatic heterocycles. The number of carbonyl (C=O) groups excluding carboxylic acids is 1. The molecule has 1 rings (SSSR count). The number of nitrogens with one attached hydrogen (secondary N) is 2. The molecule has 1 unspecified atom stereocenters. The Morgan fingerprint density at radius 2 is 2.22 bits per heavy atom. The summed E-state index contributed by atoms with van der Waals surface area (Å²) in [5.74, 6) is 0.825. The third-order valence-electron chi connectivity index (χ3n) is 3.71. The van der Waals surface area contributed by atoms with Crippen LogP contribution in [0.2, 0.25) is 0 Å². The maximum atomic E-state index is 11.9. The number of hydrogen-bond acceptors (Lipinski definition) is 3. The molecule has 0 aromatic rings. The van der Waals surface area contributed by atoms with Crippen LogP contribution >= 0.6 is 0 Å². The van der Waals surface area contributed by atoms with Gasteiger partial charge in [0, 0.05) is 13.1 Å². The Hall–Kier alpha value is -0.870. The summed E-state index contributed by atoms with van der Waals surface area (Å²) in [6.45, 7) is 12.5. The number of amides is 1. The van der Waals surface area contributed by atoms with Crippen molar-refractivity contribution >= 4 is 5.91 Å². The lowest BCUT2D eigenvalue weighted by Crippen LogP contribution is -2.47. The van der Waals surface area contributed by atoms with Gasteiger partial charge in [0.25, 0.3) is 0 Å². The van der Waals surface area contributed by atoms with E-state index < -0.39 is 0 Å². The zero-order valence-electron chi connectivity index (χ0n) is 11.7. The molecule has 2 N–H and O–H groups in total. The van der Waals surface area contributed by atoms with E-state index in [1.807, 2.05) is 6.92 Å². The van der Waals surface area contributed by atoms with Crippen LogP contribution < -0.4 is 10.6 Å². The van der Waals surface area contributed by atoms with Gasteiger partial charge in [-0.15, -0.1) is 6.58 Å². The first-order chi connectivity index (χ1) is 8.69. The summed E-state index contributed by atoms with van der Waals surface area (Å²) in [6.07, 6.45) is 4.16. The largest absolute Gasteiger partial charge is 0.351 e. The number of nitrogens with zero attached hydrogens (tertiary/aromatic N) is 1. The van der Waals surface area contributed by atoms with E-state index in [9.17, 15) is 4.79 Å². The third-order valence-corrected chi connectivity index (χ3v) is 3.71. The first kappa shape index (κ1) is 15.2. The number of rotatable bonds is 7. The van der Waals surface area contributed by atoms with Crippen LogP contribution in [0.5, 0.6) is 0 Å². The molecule has 18 heavy (non-hydrogen) atoms. The summed E-state index contributed by atoms with van der Waals surface area (Å²) in [7, 11) is 0. The quantitative estimate of drug-likeness (QED) is 0.665. The van der Waals surface area contributed by atoms with E-state index in [0.717, 1.165) is 32.1 Å². The summed E-state index contributed by atoms with van der Waals surface area (Å²) in [4.78, 5) is 14.2. The molecule has 0 aromatic heterocycles. The molecule has 4 nitrogen and oxygen atoms in total. The van der Waals surface area contributed by atoms with Crippen molar-refractivity contribution in [2.24, 2.45) is 5.92 Å². The molecular formula is C14H27N3O. The lowest BCUT2D eigenvalue weighted by Gasteiger charge is -2.32. The smallest absolute Gasteiger partial charge is 0.237 e. The first-order valence-electron chi connectivity index (χ1n) is 7.02. The van der Waals surface area contributed by atoms with Gasteiger partial charge in [0.2, 0.25) is 5.91 Å². The van der Waals surface area contributed by atoms with Crippen LogP contribution in [-0.2, 0) is 4.79 Å². The van der Waals surface area contributed by atoms with E-state index >= 15 is 0 Å². The number of hydrogen-bond donors (Lipinski definition) is 2. The second-order valence-electron chi connectivity index (χ2n) is 4.99. The molecule has 1 heterocycles. The van der Waals surface area contributed by atoms with Crippen LogP contribution in [0.3, 0.4) is 0 Å². The minimum atomic E-state index is -0.0511. The molecular weight excluding hydrogens is 226 g/mol. The van der Waals surface area contributed by atoms with E-state index in [4.69, 9.17) is 0 Å². The molecule has 0 spiro atoms. The molecule has 0 bridgehead atoms. The third kappa shape index (κ3) is 4.78. The van der Waals surface area contributed by atoms with Crippen LogP contribution in [0.4, 0.5) is 0 Å². The minimum absolute atomic E-state index is 0.0511. The SMILES string of the molecule is C=CCNC(=O)C(C)N(CC)CC1CCNCC1. The fourth-order valence-electron chi connectivity index (χ4n) is 2.44. The van der Waals surface area contributed by atoms with Gasteiger partial charge in [-0.1, -0.05) is 13.0 Å². The average Bonchev–Trinajstić information content (AvgIpc) is 2.42. The van der Waals surface area contributed by atoms with Crippen molar-refractivity contribution in [3.05, 3.63) is 12.7 Å². The summed E-state index contributed by atoms with van der Waals surface area (Å²) in [5, 5.41) is 6.25. The zero-order chi connectivity index (χ0) is 13.4. The molecule has 104 valence electrons. The van der Waals surface area contributed by atoms with Gasteiger partial charge in [-0.25, -0.2) is 0 Å². The van der Waals surface area contributed by atoms with Gasteiger partial charge in [-0.2, -0.15) is 0 Å². The Morgan fingerprint density at radius 1 is 1.56 bits per heavy atom. The van der Waals surface area contributed by atoms with Crippen LogP contribution in [-0.4, -0.2) is 49.6 Å². The summed E-state index contributed by atoms with van der Waals surface area (Å²) >= 11 is 0. The van der Waals surface area contributed by atoms with Gasteiger partial charge in [0.05, 0.1) is 6.04 Å². The number of piperidine rings is 1. The van der Waals surface area contributed by atoms with Crippen molar-refractivity contribution in [2.45, 2.75) is 32.7 Å². The predicted molar refractivity (Wildman–Crippen MR) is 75.5 cm³/mol. The molecule has 1 fully saturated rings. The van der Waals surface area contributed by atoms with Gasteiger partial charge in [-0.05, 0) is 45.3 Å². The Labute approximate surface area is 111 Å². The topological polar surface area (TPSA) is 44.4 Å². The van der Waals surface area contributed by atoms with E-state index in [2.05, 4.69) is 29.0 Å². The fraction of sp³-hybridized carbons (Fsp3) is 0.786. The molecule has 1 aliphatic rings. The van der Waals surface area contributed by atoms with Crippen molar-refractivity contribution in [1.82, 2.24) is 15.5 Å². The second kappa shape index (κ2) is 8.27. The summed E-state index contributed by atoms with van der Waals surface area (Å²) < 4.78 is 0. The molecule has 0 radical (unpaired) electrons. The Morgan fingerprint density at radius 3 is 2.78 bits per heavy atom. The van der Waals surface area contributed by atoms with Crippen molar-refractivity contribution in [3.8, 4) is 0 Å². The maximum absolute atomic E-state index is 11.9. The van der Waals surface area contributed by atoms with Crippen molar-refractivity contribution in [3.63, 3.8) is 0 Å². The van der Waals surface area contributed by atoms with Crippen molar-refractivity contribution in [1.29, 1.82) is 0 Å². The van der Waals surface area contributed by atoms with Crippen molar-refractivity contribution < 1.29 is 4.79 Å². The lowest BCUT2D eigenvalue weighted by atomic mass is 9.97. The van der Waals surface area contributed by atoms with Crippen LogP contribution in [0.25, 0.3) is 0 Å².